The first-order valence-electron chi connectivity index (χ1n) is 6.29. The number of amides is 1. The zero-order valence-electron chi connectivity index (χ0n) is 10.8. The second-order valence-corrected chi connectivity index (χ2v) is 4.68. The minimum Gasteiger partial charge on any atom is -0.325 e. The fourth-order valence-corrected chi connectivity index (χ4v) is 2.22. The number of hydrogen-bond acceptors (Lipinski definition) is 3. The van der Waals surface area contributed by atoms with Crippen molar-refractivity contribution in [2.75, 3.05) is 5.32 Å². The standard InChI is InChI=1S/C14H16N2O3/c1-10-12(8-5-9-13(10)16(18)19)15-14(17)11-6-3-2-4-7-11/h2-3,5,8-9,11H,4,6-7H2,1H3,(H,15,17). The Labute approximate surface area is 111 Å². The average Bonchev–Trinajstić information content (AvgIpc) is 2.41. The largest absolute Gasteiger partial charge is 0.325 e. The molecule has 1 N–H and O–H groups in total. The van der Waals surface area contributed by atoms with Crippen LogP contribution in [0.15, 0.2) is 30.4 Å². The summed E-state index contributed by atoms with van der Waals surface area (Å²) in [5.74, 6) is -0.100. The number of nitrogens with one attached hydrogen (secondary N) is 1. The van der Waals surface area contributed by atoms with E-state index in [1.807, 2.05) is 6.08 Å². The summed E-state index contributed by atoms with van der Waals surface area (Å²) < 4.78 is 0. The summed E-state index contributed by atoms with van der Waals surface area (Å²) >= 11 is 0. The predicted octanol–water partition coefficient (Wildman–Crippen LogP) is 3.20. The Hall–Kier alpha value is -2.17. The molecule has 1 aromatic carbocycles. The first-order valence-corrected chi connectivity index (χ1v) is 6.29. The summed E-state index contributed by atoms with van der Waals surface area (Å²) in [6.45, 7) is 1.65. The Morgan fingerprint density at radius 2 is 2.21 bits per heavy atom. The molecule has 1 aromatic rings. The van der Waals surface area contributed by atoms with Crippen LogP contribution in [0, 0.1) is 23.0 Å². The second kappa shape index (κ2) is 5.65. The van der Waals surface area contributed by atoms with E-state index in [1.54, 1.807) is 19.1 Å². The van der Waals surface area contributed by atoms with Crippen molar-refractivity contribution in [2.24, 2.45) is 5.92 Å². The molecule has 0 radical (unpaired) electrons. The maximum atomic E-state index is 12.1. The lowest BCUT2D eigenvalue weighted by Crippen LogP contribution is -2.24. The van der Waals surface area contributed by atoms with Gasteiger partial charge in [-0.2, -0.15) is 0 Å². The van der Waals surface area contributed by atoms with Crippen LogP contribution < -0.4 is 5.32 Å². The van der Waals surface area contributed by atoms with Crippen LogP contribution in [0.25, 0.3) is 0 Å². The molecule has 0 fully saturated rings. The van der Waals surface area contributed by atoms with Crippen LogP contribution in [0.1, 0.15) is 24.8 Å². The summed E-state index contributed by atoms with van der Waals surface area (Å²) in [5, 5.41) is 13.6. The first kappa shape index (κ1) is 13.3. The monoisotopic (exact) mass is 260 g/mol. The van der Waals surface area contributed by atoms with E-state index in [0.29, 0.717) is 11.3 Å². The summed E-state index contributed by atoms with van der Waals surface area (Å²) in [6, 6.07) is 4.72. The number of allylic oxidation sites excluding steroid dienone is 2. The number of rotatable bonds is 3. The molecule has 19 heavy (non-hydrogen) atoms. The number of benzene rings is 1. The number of nitro benzene ring substituents is 1. The van der Waals surface area contributed by atoms with E-state index in [0.717, 1.165) is 19.3 Å². The number of hydrogen-bond donors (Lipinski definition) is 1. The van der Waals surface area contributed by atoms with Gasteiger partial charge in [-0.25, -0.2) is 0 Å². The van der Waals surface area contributed by atoms with Crippen molar-refractivity contribution in [2.45, 2.75) is 26.2 Å². The quantitative estimate of drug-likeness (QED) is 0.515. The van der Waals surface area contributed by atoms with Crippen LogP contribution >= 0.6 is 0 Å². The summed E-state index contributed by atoms with van der Waals surface area (Å²) in [7, 11) is 0. The minimum atomic E-state index is -0.436. The molecule has 0 saturated carbocycles. The van der Waals surface area contributed by atoms with Crippen molar-refractivity contribution >= 4 is 17.3 Å². The summed E-state index contributed by atoms with van der Waals surface area (Å²) in [5.41, 5.74) is 1.04. The van der Waals surface area contributed by atoms with Crippen LogP contribution in [0.3, 0.4) is 0 Å². The van der Waals surface area contributed by atoms with Crippen LogP contribution in [-0.2, 0) is 4.79 Å². The molecule has 1 amide bonds. The second-order valence-electron chi connectivity index (χ2n) is 4.68. The fourth-order valence-electron chi connectivity index (χ4n) is 2.22. The van der Waals surface area contributed by atoms with Crippen LogP contribution in [0.2, 0.25) is 0 Å². The highest BCUT2D eigenvalue weighted by molar-refractivity contribution is 5.94. The zero-order valence-corrected chi connectivity index (χ0v) is 10.8. The van der Waals surface area contributed by atoms with Gasteiger partial charge in [0.25, 0.3) is 5.69 Å². The molecular formula is C14H16N2O3. The molecule has 2 rings (SSSR count). The van der Waals surface area contributed by atoms with Gasteiger partial charge in [0.2, 0.25) is 5.91 Å². The maximum Gasteiger partial charge on any atom is 0.274 e. The molecule has 1 aliphatic carbocycles. The van der Waals surface area contributed by atoms with E-state index >= 15 is 0 Å². The van der Waals surface area contributed by atoms with Crippen LogP contribution in [0.4, 0.5) is 11.4 Å². The molecule has 5 nitrogen and oxygen atoms in total. The molecule has 0 spiro atoms. The molecule has 5 heteroatoms. The Morgan fingerprint density at radius 3 is 2.84 bits per heavy atom. The molecule has 1 unspecified atom stereocenters. The van der Waals surface area contributed by atoms with Gasteiger partial charge >= 0.3 is 0 Å². The van der Waals surface area contributed by atoms with Crippen molar-refractivity contribution in [3.8, 4) is 0 Å². The summed E-state index contributed by atoms with van der Waals surface area (Å²) in [4.78, 5) is 22.5. The highest BCUT2D eigenvalue weighted by Gasteiger charge is 2.21. The lowest BCUT2D eigenvalue weighted by Gasteiger charge is -2.18. The lowest BCUT2D eigenvalue weighted by molar-refractivity contribution is -0.385. The van der Waals surface area contributed by atoms with E-state index in [-0.39, 0.29) is 17.5 Å². The minimum absolute atomic E-state index is 0.0290. The lowest BCUT2D eigenvalue weighted by atomic mass is 9.93. The van der Waals surface area contributed by atoms with Crippen molar-refractivity contribution in [3.05, 3.63) is 46.0 Å². The Balaban J connectivity index is 2.15. The van der Waals surface area contributed by atoms with Crippen LogP contribution in [-0.4, -0.2) is 10.8 Å². The Kier molecular flexibility index (Phi) is 3.94. The molecule has 0 heterocycles. The molecule has 100 valence electrons. The fraction of sp³-hybridized carbons (Fsp3) is 0.357. The van der Waals surface area contributed by atoms with Gasteiger partial charge in [-0.15, -0.1) is 0 Å². The molecule has 1 atom stereocenters. The normalized spacial score (nSPS) is 18.1. The third kappa shape index (κ3) is 2.99. The van der Waals surface area contributed by atoms with Gasteiger partial charge in [-0.05, 0) is 32.3 Å². The van der Waals surface area contributed by atoms with Gasteiger partial charge < -0.3 is 5.32 Å². The number of anilines is 1. The third-order valence-corrected chi connectivity index (χ3v) is 3.40. The topological polar surface area (TPSA) is 72.2 Å². The Morgan fingerprint density at radius 1 is 1.42 bits per heavy atom. The van der Waals surface area contributed by atoms with Crippen molar-refractivity contribution < 1.29 is 9.72 Å². The van der Waals surface area contributed by atoms with Gasteiger partial charge in [-0.3, -0.25) is 14.9 Å². The van der Waals surface area contributed by atoms with Gasteiger partial charge in [0.15, 0.2) is 0 Å². The molecule has 0 aromatic heterocycles. The smallest absolute Gasteiger partial charge is 0.274 e. The number of carbonyl (C=O) groups is 1. The SMILES string of the molecule is Cc1c(NC(=O)C2CC=CCC2)cccc1[N+](=O)[O-]. The number of carbonyl (C=O) groups excluding carboxylic acids is 1. The molecule has 0 bridgehead atoms. The van der Waals surface area contributed by atoms with E-state index in [9.17, 15) is 14.9 Å². The van der Waals surface area contributed by atoms with Crippen molar-refractivity contribution in [1.29, 1.82) is 0 Å². The van der Waals surface area contributed by atoms with E-state index < -0.39 is 4.92 Å². The first-order chi connectivity index (χ1) is 9.09. The molecule has 0 saturated heterocycles. The average molecular weight is 260 g/mol. The van der Waals surface area contributed by atoms with Gasteiger partial charge in [0, 0.05) is 12.0 Å². The predicted molar refractivity (Wildman–Crippen MR) is 72.9 cm³/mol. The van der Waals surface area contributed by atoms with Crippen molar-refractivity contribution in [1.82, 2.24) is 0 Å². The van der Waals surface area contributed by atoms with Gasteiger partial charge in [-0.1, -0.05) is 18.2 Å². The van der Waals surface area contributed by atoms with E-state index in [2.05, 4.69) is 11.4 Å². The van der Waals surface area contributed by atoms with E-state index in [1.165, 1.54) is 6.07 Å². The summed E-state index contributed by atoms with van der Waals surface area (Å²) in [6.07, 6.45) is 6.55. The van der Waals surface area contributed by atoms with Gasteiger partial charge in [0.05, 0.1) is 16.2 Å². The highest BCUT2D eigenvalue weighted by Crippen LogP contribution is 2.26. The van der Waals surface area contributed by atoms with Crippen molar-refractivity contribution in [3.63, 3.8) is 0 Å². The third-order valence-electron chi connectivity index (χ3n) is 3.40. The molecule has 0 aliphatic heterocycles. The van der Waals surface area contributed by atoms with Gasteiger partial charge in [0.1, 0.15) is 0 Å². The number of nitro groups is 1. The molecule has 1 aliphatic rings. The van der Waals surface area contributed by atoms with Crippen LogP contribution in [0.5, 0.6) is 0 Å². The zero-order chi connectivity index (χ0) is 13.8. The molecular weight excluding hydrogens is 244 g/mol. The van der Waals surface area contributed by atoms with E-state index in [4.69, 9.17) is 0 Å². The number of nitrogens with zero attached hydrogens (tertiary/aromatic N) is 1. The highest BCUT2D eigenvalue weighted by atomic mass is 16.6. The maximum absolute atomic E-state index is 12.1. The Bertz CT molecular complexity index is 537.